The summed E-state index contributed by atoms with van der Waals surface area (Å²) >= 11 is 0. The van der Waals surface area contributed by atoms with Gasteiger partial charge in [-0.25, -0.2) is 4.79 Å². The predicted molar refractivity (Wildman–Crippen MR) is 126 cm³/mol. The molecule has 1 saturated heterocycles. The lowest BCUT2D eigenvalue weighted by Crippen LogP contribution is -2.48. The van der Waals surface area contributed by atoms with Crippen LogP contribution in [0, 0.1) is 37.5 Å². The number of esters is 1. The van der Waals surface area contributed by atoms with Crippen molar-refractivity contribution in [2.75, 3.05) is 6.61 Å². The van der Waals surface area contributed by atoms with Gasteiger partial charge in [0.15, 0.2) is 6.61 Å². The number of carbonyl (C=O) groups is 4. The van der Waals surface area contributed by atoms with Gasteiger partial charge in [0.2, 0.25) is 17.6 Å². The minimum Gasteiger partial charge on any atom is -0.508 e. The largest absolute Gasteiger partial charge is 0.508 e. The minimum atomic E-state index is -1.18. The lowest BCUT2D eigenvalue weighted by Gasteiger charge is -2.26. The van der Waals surface area contributed by atoms with Crippen molar-refractivity contribution in [3.8, 4) is 5.75 Å². The van der Waals surface area contributed by atoms with Gasteiger partial charge >= 0.3 is 5.97 Å². The number of carbonyl (C=O) groups excluding carboxylic acids is 4. The van der Waals surface area contributed by atoms with E-state index >= 15 is 0 Å². The molecule has 2 amide bonds. The monoisotopic (exact) mass is 473 g/mol. The van der Waals surface area contributed by atoms with Crippen LogP contribution in [0.3, 0.4) is 0 Å². The highest BCUT2D eigenvalue weighted by molar-refractivity contribution is 6.09. The molecule has 1 aliphatic heterocycles. The number of hydrogen-bond donors (Lipinski definition) is 1. The van der Waals surface area contributed by atoms with E-state index in [1.54, 1.807) is 18.2 Å². The number of ether oxygens (including phenoxy) is 1. The molecule has 3 aliphatic rings. The van der Waals surface area contributed by atoms with Crippen LogP contribution in [0.1, 0.15) is 33.5 Å². The van der Waals surface area contributed by atoms with Gasteiger partial charge in [-0.3, -0.25) is 19.3 Å². The number of fused-ring (bicyclic) bond motifs is 5. The third-order valence-corrected chi connectivity index (χ3v) is 7.49. The van der Waals surface area contributed by atoms with Crippen LogP contribution in [0.25, 0.3) is 0 Å². The normalized spacial score (nSPS) is 25.1. The van der Waals surface area contributed by atoms with Crippen molar-refractivity contribution in [1.29, 1.82) is 0 Å². The van der Waals surface area contributed by atoms with Crippen LogP contribution in [-0.4, -0.2) is 46.2 Å². The number of phenols is 1. The zero-order valence-corrected chi connectivity index (χ0v) is 19.6. The molecule has 2 bridgehead atoms. The molecule has 1 heterocycles. The van der Waals surface area contributed by atoms with Crippen LogP contribution in [0.5, 0.6) is 5.75 Å². The van der Waals surface area contributed by atoms with Gasteiger partial charge in [0, 0.05) is 12.0 Å². The fourth-order valence-corrected chi connectivity index (χ4v) is 5.71. The molecule has 0 aromatic heterocycles. The summed E-state index contributed by atoms with van der Waals surface area (Å²) < 4.78 is 5.41. The smallest absolute Gasteiger partial charge is 0.330 e. The molecule has 0 radical (unpaired) electrons. The van der Waals surface area contributed by atoms with Gasteiger partial charge in [-0.05, 0) is 61.4 Å². The number of aromatic hydroxyl groups is 1. The molecule has 180 valence electrons. The Hall–Kier alpha value is -3.74. The number of aryl methyl sites for hydroxylation is 2. The van der Waals surface area contributed by atoms with Crippen molar-refractivity contribution >= 4 is 23.6 Å². The number of allylic oxidation sites excluding steroid dienone is 2. The Bertz CT molecular complexity index is 1220. The van der Waals surface area contributed by atoms with Gasteiger partial charge < -0.3 is 9.84 Å². The molecule has 5 unspecified atom stereocenters. The Morgan fingerprint density at radius 1 is 1.00 bits per heavy atom. The van der Waals surface area contributed by atoms with Crippen molar-refractivity contribution < 1.29 is 29.0 Å². The first-order chi connectivity index (χ1) is 16.7. The molecule has 0 spiro atoms. The summed E-state index contributed by atoms with van der Waals surface area (Å²) in [6.07, 6.45) is 4.82. The average molecular weight is 474 g/mol. The summed E-state index contributed by atoms with van der Waals surface area (Å²) in [5.74, 6) is -2.62. The zero-order chi connectivity index (χ0) is 24.9. The second kappa shape index (κ2) is 8.80. The van der Waals surface area contributed by atoms with Gasteiger partial charge in [0.1, 0.15) is 11.8 Å². The Morgan fingerprint density at radius 3 is 2.26 bits per heavy atom. The second-order valence-corrected chi connectivity index (χ2v) is 9.78. The topological polar surface area (TPSA) is 101 Å². The maximum absolute atomic E-state index is 13.4. The Labute approximate surface area is 203 Å². The predicted octanol–water partition coefficient (Wildman–Crippen LogP) is 3.15. The van der Waals surface area contributed by atoms with E-state index in [2.05, 4.69) is 0 Å². The fraction of sp³-hybridized carbons (Fsp3) is 0.357. The SMILES string of the molecule is Cc1ccc(C)c(C(=O)COC(=O)C(Cc2ccc(O)cc2)N2C(=O)C3C4C=CC(C4)C3C2=O)c1. The minimum absolute atomic E-state index is 0.0164. The van der Waals surface area contributed by atoms with Gasteiger partial charge in [0.25, 0.3) is 0 Å². The van der Waals surface area contributed by atoms with E-state index in [4.69, 9.17) is 4.74 Å². The maximum Gasteiger partial charge on any atom is 0.330 e. The zero-order valence-electron chi connectivity index (χ0n) is 19.6. The Morgan fingerprint density at radius 2 is 1.63 bits per heavy atom. The molecule has 7 nitrogen and oxygen atoms in total. The van der Waals surface area contributed by atoms with Crippen molar-refractivity contribution in [2.45, 2.75) is 32.7 Å². The summed E-state index contributed by atoms with van der Waals surface area (Å²) in [5, 5.41) is 9.61. The number of hydrogen-bond acceptors (Lipinski definition) is 6. The van der Waals surface area contributed by atoms with Crippen LogP contribution < -0.4 is 0 Å². The number of amides is 2. The molecule has 1 saturated carbocycles. The molecule has 7 heteroatoms. The number of rotatable bonds is 7. The van der Waals surface area contributed by atoms with Crippen LogP contribution in [0.2, 0.25) is 0 Å². The van der Waals surface area contributed by atoms with E-state index < -0.39 is 30.5 Å². The highest BCUT2D eigenvalue weighted by Gasteiger charge is 2.61. The van der Waals surface area contributed by atoms with E-state index in [0.29, 0.717) is 11.1 Å². The van der Waals surface area contributed by atoms with Crippen LogP contribution in [-0.2, 0) is 25.5 Å². The average Bonchev–Trinajstić information content (AvgIpc) is 3.52. The third-order valence-electron chi connectivity index (χ3n) is 7.49. The number of benzene rings is 2. The number of nitrogens with zero attached hydrogens (tertiary/aromatic N) is 1. The second-order valence-electron chi connectivity index (χ2n) is 9.78. The summed E-state index contributed by atoms with van der Waals surface area (Å²) in [6.45, 7) is 3.20. The quantitative estimate of drug-likeness (QED) is 0.287. The molecule has 35 heavy (non-hydrogen) atoms. The number of likely N-dealkylation sites (tertiary alicyclic amines) is 1. The first kappa shape index (κ1) is 23.0. The Kier molecular flexibility index (Phi) is 5.79. The number of Topliss-reactive ketones (excluding diaryl/α,β-unsaturated/α-hetero) is 1. The van der Waals surface area contributed by atoms with Gasteiger partial charge in [-0.1, -0.05) is 42.0 Å². The van der Waals surface area contributed by atoms with Gasteiger partial charge in [0.05, 0.1) is 11.8 Å². The molecular weight excluding hydrogens is 446 g/mol. The first-order valence-corrected chi connectivity index (χ1v) is 11.8. The van der Waals surface area contributed by atoms with Crippen molar-refractivity contribution in [3.05, 3.63) is 76.9 Å². The molecule has 2 fully saturated rings. The highest BCUT2D eigenvalue weighted by atomic mass is 16.5. The molecular formula is C28H27NO6. The molecule has 2 aromatic rings. The standard InChI is InChI=1S/C28H27NO6/c1-15-3-4-16(2)21(11-15)23(31)14-35-28(34)22(12-17-5-9-20(30)10-6-17)29-26(32)24-18-7-8-19(13-18)25(24)27(29)33/h3-11,18-19,22,24-25,30H,12-14H2,1-2H3. The highest BCUT2D eigenvalue weighted by Crippen LogP contribution is 2.53. The van der Waals surface area contributed by atoms with Crippen molar-refractivity contribution in [1.82, 2.24) is 4.90 Å². The maximum atomic E-state index is 13.4. The van der Waals surface area contributed by atoms with Crippen LogP contribution in [0.4, 0.5) is 0 Å². The van der Waals surface area contributed by atoms with Crippen LogP contribution >= 0.6 is 0 Å². The first-order valence-electron chi connectivity index (χ1n) is 11.8. The summed E-state index contributed by atoms with van der Waals surface area (Å²) in [4.78, 5) is 53.9. The van der Waals surface area contributed by atoms with Crippen LogP contribution in [0.15, 0.2) is 54.6 Å². The lowest BCUT2D eigenvalue weighted by molar-refractivity contribution is -0.158. The fourth-order valence-electron chi connectivity index (χ4n) is 5.71. The third kappa shape index (κ3) is 4.05. The number of phenolic OH excluding ortho intramolecular Hbond substituents is 1. The van der Waals surface area contributed by atoms with Crippen molar-refractivity contribution in [3.63, 3.8) is 0 Å². The van der Waals surface area contributed by atoms with Crippen molar-refractivity contribution in [2.24, 2.45) is 23.7 Å². The van der Waals surface area contributed by atoms with Gasteiger partial charge in [-0.2, -0.15) is 0 Å². The van der Waals surface area contributed by atoms with E-state index in [9.17, 15) is 24.3 Å². The number of imide groups is 1. The van der Waals surface area contributed by atoms with E-state index in [1.165, 1.54) is 12.1 Å². The molecule has 2 aliphatic carbocycles. The van der Waals surface area contributed by atoms with E-state index in [0.717, 1.165) is 22.4 Å². The molecule has 2 aromatic carbocycles. The summed E-state index contributed by atoms with van der Waals surface area (Å²) in [7, 11) is 0. The molecule has 5 rings (SSSR count). The van der Waals surface area contributed by atoms with E-state index in [-0.39, 0.29) is 41.6 Å². The molecule has 5 atom stereocenters. The van der Waals surface area contributed by atoms with E-state index in [1.807, 2.05) is 38.1 Å². The lowest BCUT2D eigenvalue weighted by atomic mass is 9.85. The summed E-state index contributed by atoms with van der Waals surface area (Å²) in [6, 6.07) is 10.5. The number of ketones is 1. The summed E-state index contributed by atoms with van der Waals surface area (Å²) in [5.41, 5.74) is 2.82. The molecule has 1 N–H and O–H groups in total. The Balaban J connectivity index is 1.38. The van der Waals surface area contributed by atoms with Gasteiger partial charge in [-0.15, -0.1) is 0 Å².